The molecule has 5 nitrogen and oxygen atoms in total. The summed E-state index contributed by atoms with van der Waals surface area (Å²) in [5, 5.41) is 2.89. The highest BCUT2D eigenvalue weighted by molar-refractivity contribution is 5.89. The zero-order chi connectivity index (χ0) is 15.9. The Morgan fingerprint density at radius 3 is 2.52 bits per heavy atom. The van der Waals surface area contributed by atoms with Crippen molar-refractivity contribution < 1.29 is 4.79 Å². The van der Waals surface area contributed by atoms with Gasteiger partial charge in [-0.25, -0.2) is 4.79 Å². The minimum atomic E-state index is -0.0410. The zero-order valence-electron chi connectivity index (χ0n) is 13.2. The second-order valence-corrected chi connectivity index (χ2v) is 5.74. The lowest BCUT2D eigenvalue weighted by molar-refractivity contribution is 0.148. The Kier molecular flexibility index (Phi) is 5.21. The third-order valence-corrected chi connectivity index (χ3v) is 4.13. The molecule has 0 saturated carbocycles. The van der Waals surface area contributed by atoms with Gasteiger partial charge in [-0.1, -0.05) is 30.3 Å². The molecule has 0 atom stereocenters. The first-order chi connectivity index (χ1) is 11.3. The van der Waals surface area contributed by atoms with Crippen molar-refractivity contribution in [3.63, 3.8) is 0 Å². The molecule has 1 N–H and O–H groups in total. The van der Waals surface area contributed by atoms with Crippen LogP contribution in [0.25, 0.3) is 0 Å². The molecule has 0 unspecified atom stereocenters. The highest BCUT2D eigenvalue weighted by atomic mass is 16.2. The predicted molar refractivity (Wildman–Crippen MR) is 91.4 cm³/mol. The molecule has 0 bridgehead atoms. The van der Waals surface area contributed by atoms with Gasteiger partial charge < -0.3 is 10.2 Å². The smallest absolute Gasteiger partial charge is 0.321 e. The van der Waals surface area contributed by atoms with Crippen LogP contribution in [0.15, 0.2) is 54.9 Å². The Labute approximate surface area is 136 Å². The van der Waals surface area contributed by atoms with Crippen LogP contribution in [-0.4, -0.2) is 53.5 Å². The highest BCUT2D eigenvalue weighted by Gasteiger charge is 2.20. The third-order valence-electron chi connectivity index (χ3n) is 4.13. The van der Waals surface area contributed by atoms with Crippen LogP contribution in [0.4, 0.5) is 10.5 Å². The van der Waals surface area contributed by atoms with Gasteiger partial charge in [0.1, 0.15) is 0 Å². The van der Waals surface area contributed by atoms with Gasteiger partial charge in [0.05, 0.1) is 11.9 Å². The number of nitrogens with one attached hydrogen (secondary N) is 1. The van der Waals surface area contributed by atoms with E-state index < -0.39 is 0 Å². The first-order valence-electron chi connectivity index (χ1n) is 8.03. The van der Waals surface area contributed by atoms with E-state index in [4.69, 9.17) is 0 Å². The van der Waals surface area contributed by atoms with E-state index in [1.807, 2.05) is 23.1 Å². The minimum absolute atomic E-state index is 0.0410. The molecule has 2 aromatic rings. The molecule has 1 aliphatic rings. The number of benzene rings is 1. The predicted octanol–water partition coefficient (Wildman–Crippen LogP) is 2.47. The second kappa shape index (κ2) is 7.74. The summed E-state index contributed by atoms with van der Waals surface area (Å²) in [4.78, 5) is 20.5. The van der Waals surface area contributed by atoms with Gasteiger partial charge in [0.25, 0.3) is 0 Å². The maximum Gasteiger partial charge on any atom is 0.321 e. The Hall–Kier alpha value is -2.40. The highest BCUT2D eigenvalue weighted by Crippen LogP contribution is 2.09. The molecule has 1 saturated heterocycles. The van der Waals surface area contributed by atoms with Crippen LogP contribution in [0.2, 0.25) is 0 Å². The van der Waals surface area contributed by atoms with Gasteiger partial charge in [-0.2, -0.15) is 0 Å². The SMILES string of the molecule is O=C(Nc1cccnc1)N1CCN(CCc2ccccc2)CC1. The van der Waals surface area contributed by atoms with Crippen LogP contribution in [-0.2, 0) is 6.42 Å². The standard InChI is InChI=1S/C18H22N4O/c23-18(20-17-7-4-9-19-15-17)22-13-11-21(12-14-22)10-8-16-5-2-1-3-6-16/h1-7,9,15H,8,10-14H2,(H,20,23). The number of rotatable bonds is 4. The average molecular weight is 310 g/mol. The summed E-state index contributed by atoms with van der Waals surface area (Å²) in [6.45, 7) is 4.42. The van der Waals surface area contributed by atoms with Crippen LogP contribution in [0, 0.1) is 0 Å². The summed E-state index contributed by atoms with van der Waals surface area (Å²) in [5.74, 6) is 0. The maximum atomic E-state index is 12.2. The summed E-state index contributed by atoms with van der Waals surface area (Å²) in [7, 11) is 0. The van der Waals surface area contributed by atoms with Gasteiger partial charge in [0.2, 0.25) is 0 Å². The maximum absolute atomic E-state index is 12.2. The van der Waals surface area contributed by atoms with Crippen LogP contribution >= 0.6 is 0 Å². The third kappa shape index (κ3) is 4.53. The lowest BCUT2D eigenvalue weighted by Crippen LogP contribution is -2.50. The number of aromatic nitrogens is 1. The van der Waals surface area contributed by atoms with Gasteiger partial charge in [-0.15, -0.1) is 0 Å². The van der Waals surface area contributed by atoms with Crippen molar-refractivity contribution in [3.8, 4) is 0 Å². The molecule has 23 heavy (non-hydrogen) atoms. The molecule has 1 aromatic heterocycles. The number of pyridine rings is 1. The van der Waals surface area contributed by atoms with Crippen molar-refractivity contribution in [2.45, 2.75) is 6.42 Å². The summed E-state index contributed by atoms with van der Waals surface area (Å²) in [6, 6.07) is 14.2. The summed E-state index contributed by atoms with van der Waals surface area (Å²) in [6.07, 6.45) is 4.41. The molecule has 3 rings (SSSR count). The Morgan fingerprint density at radius 1 is 1.04 bits per heavy atom. The number of hydrogen-bond donors (Lipinski definition) is 1. The second-order valence-electron chi connectivity index (χ2n) is 5.74. The van der Waals surface area contributed by atoms with Crippen LogP contribution in [0.1, 0.15) is 5.56 Å². The van der Waals surface area contributed by atoms with Crippen molar-refractivity contribution in [2.75, 3.05) is 38.0 Å². The molecule has 0 aliphatic carbocycles. The normalized spacial score (nSPS) is 15.4. The molecule has 0 spiro atoms. The van der Waals surface area contributed by atoms with Crippen molar-refractivity contribution >= 4 is 11.7 Å². The van der Waals surface area contributed by atoms with E-state index in [9.17, 15) is 4.79 Å². The molecule has 120 valence electrons. The number of piperazine rings is 1. The summed E-state index contributed by atoms with van der Waals surface area (Å²) < 4.78 is 0. The number of nitrogens with zero attached hydrogens (tertiary/aromatic N) is 3. The van der Waals surface area contributed by atoms with Gasteiger partial charge >= 0.3 is 6.03 Å². The van der Waals surface area contributed by atoms with Crippen LogP contribution < -0.4 is 5.32 Å². The van der Waals surface area contributed by atoms with Crippen LogP contribution in [0.5, 0.6) is 0 Å². The molecular formula is C18H22N4O. The molecule has 2 heterocycles. The summed E-state index contributed by atoms with van der Waals surface area (Å²) in [5.41, 5.74) is 2.10. The molecule has 0 radical (unpaired) electrons. The van der Waals surface area contributed by atoms with Crippen molar-refractivity contribution in [2.24, 2.45) is 0 Å². The minimum Gasteiger partial charge on any atom is -0.322 e. The van der Waals surface area contributed by atoms with E-state index in [0.29, 0.717) is 0 Å². The summed E-state index contributed by atoms with van der Waals surface area (Å²) >= 11 is 0. The fourth-order valence-electron chi connectivity index (χ4n) is 2.75. The van der Waals surface area contributed by atoms with Gasteiger partial charge in [-0.05, 0) is 24.1 Å². The Balaban J connectivity index is 1.42. The monoisotopic (exact) mass is 310 g/mol. The average Bonchev–Trinajstić information content (AvgIpc) is 2.62. The first-order valence-corrected chi connectivity index (χ1v) is 8.03. The lowest BCUT2D eigenvalue weighted by atomic mass is 10.1. The fourth-order valence-corrected chi connectivity index (χ4v) is 2.75. The fraction of sp³-hybridized carbons (Fsp3) is 0.333. The molecule has 5 heteroatoms. The number of anilines is 1. The van der Waals surface area contributed by atoms with Crippen molar-refractivity contribution in [1.29, 1.82) is 0 Å². The molecule has 2 amide bonds. The number of hydrogen-bond acceptors (Lipinski definition) is 3. The Morgan fingerprint density at radius 2 is 1.83 bits per heavy atom. The van der Waals surface area contributed by atoms with E-state index in [2.05, 4.69) is 39.5 Å². The van der Waals surface area contributed by atoms with E-state index in [1.165, 1.54) is 5.56 Å². The van der Waals surface area contributed by atoms with Gasteiger partial charge in [0, 0.05) is 38.9 Å². The van der Waals surface area contributed by atoms with Crippen molar-refractivity contribution in [3.05, 3.63) is 60.4 Å². The van der Waals surface area contributed by atoms with Gasteiger partial charge in [-0.3, -0.25) is 9.88 Å². The van der Waals surface area contributed by atoms with E-state index in [0.717, 1.165) is 44.8 Å². The number of carbonyl (C=O) groups excluding carboxylic acids is 1. The van der Waals surface area contributed by atoms with Crippen molar-refractivity contribution in [1.82, 2.24) is 14.8 Å². The zero-order valence-corrected chi connectivity index (χ0v) is 13.2. The van der Waals surface area contributed by atoms with Crippen LogP contribution in [0.3, 0.4) is 0 Å². The molecule has 1 aromatic carbocycles. The van der Waals surface area contributed by atoms with E-state index >= 15 is 0 Å². The number of urea groups is 1. The quantitative estimate of drug-likeness (QED) is 0.944. The molecule has 1 fully saturated rings. The number of amides is 2. The largest absolute Gasteiger partial charge is 0.322 e. The Bertz CT molecular complexity index is 609. The van der Waals surface area contributed by atoms with E-state index in [-0.39, 0.29) is 6.03 Å². The topological polar surface area (TPSA) is 48.5 Å². The lowest BCUT2D eigenvalue weighted by Gasteiger charge is -2.34. The van der Waals surface area contributed by atoms with Gasteiger partial charge in [0.15, 0.2) is 0 Å². The molecular weight excluding hydrogens is 288 g/mol. The molecule has 1 aliphatic heterocycles. The van der Waals surface area contributed by atoms with E-state index in [1.54, 1.807) is 12.4 Å². The number of carbonyl (C=O) groups is 1. The first kappa shape index (κ1) is 15.5.